The number of nitrogen functional groups attached to an aromatic ring is 1. The maximum atomic E-state index is 13.8. The molecule has 3 rings (SSSR count). The van der Waals surface area contributed by atoms with Gasteiger partial charge in [0, 0.05) is 23.3 Å². The van der Waals surface area contributed by atoms with Crippen molar-refractivity contribution in [3.63, 3.8) is 0 Å². The maximum absolute atomic E-state index is 13.8. The van der Waals surface area contributed by atoms with Crippen molar-refractivity contribution >= 4 is 28.2 Å². The van der Waals surface area contributed by atoms with Crippen LogP contribution < -0.4 is 16.6 Å². The van der Waals surface area contributed by atoms with Crippen LogP contribution in [0.5, 0.6) is 0 Å². The zero-order valence-corrected chi connectivity index (χ0v) is 10.8. The van der Waals surface area contributed by atoms with E-state index in [-0.39, 0.29) is 11.6 Å². The van der Waals surface area contributed by atoms with Crippen LogP contribution in [0.4, 0.5) is 26.1 Å². The summed E-state index contributed by atoms with van der Waals surface area (Å²) >= 11 is 0. The summed E-state index contributed by atoms with van der Waals surface area (Å²) in [5, 5.41) is 3.63. The molecule has 2 aromatic heterocycles. The lowest BCUT2D eigenvalue weighted by atomic mass is 10.2. The van der Waals surface area contributed by atoms with Crippen molar-refractivity contribution in [2.75, 3.05) is 10.7 Å². The van der Waals surface area contributed by atoms with Gasteiger partial charge in [0.05, 0.1) is 5.52 Å². The van der Waals surface area contributed by atoms with Crippen molar-refractivity contribution < 1.29 is 8.78 Å². The monoisotopic (exact) mass is 287 g/mol. The second-order valence-corrected chi connectivity index (χ2v) is 4.29. The molecule has 5 nitrogen and oxygen atoms in total. The SMILES string of the molecule is NNc1nc(Nc2cccc3ncccc23)c(F)cc1F. The molecule has 0 aliphatic heterocycles. The van der Waals surface area contributed by atoms with Crippen LogP contribution in [0.25, 0.3) is 10.9 Å². The molecule has 0 aliphatic rings. The molecule has 0 bridgehead atoms. The number of hydrogen-bond donors (Lipinski definition) is 3. The zero-order chi connectivity index (χ0) is 14.8. The molecule has 0 saturated heterocycles. The quantitative estimate of drug-likeness (QED) is 0.510. The van der Waals surface area contributed by atoms with Gasteiger partial charge in [-0.3, -0.25) is 4.98 Å². The fourth-order valence-electron chi connectivity index (χ4n) is 2.00. The van der Waals surface area contributed by atoms with Gasteiger partial charge in [-0.2, -0.15) is 0 Å². The van der Waals surface area contributed by atoms with Crippen molar-refractivity contribution in [2.45, 2.75) is 0 Å². The topological polar surface area (TPSA) is 75.9 Å². The number of aromatic nitrogens is 2. The Hall–Kier alpha value is -2.80. The van der Waals surface area contributed by atoms with E-state index in [0.29, 0.717) is 11.8 Å². The number of fused-ring (bicyclic) bond motifs is 1. The van der Waals surface area contributed by atoms with Gasteiger partial charge in [0.25, 0.3) is 0 Å². The van der Waals surface area contributed by atoms with Crippen LogP contribution in [0.1, 0.15) is 0 Å². The summed E-state index contributed by atoms with van der Waals surface area (Å²) in [5.41, 5.74) is 3.45. The molecule has 7 heteroatoms. The summed E-state index contributed by atoms with van der Waals surface area (Å²) in [4.78, 5) is 7.98. The highest BCUT2D eigenvalue weighted by atomic mass is 19.1. The largest absolute Gasteiger partial charge is 0.337 e. The minimum Gasteiger partial charge on any atom is -0.337 e. The molecule has 0 spiro atoms. The normalized spacial score (nSPS) is 10.6. The molecule has 1 aromatic carbocycles. The molecule has 4 N–H and O–H groups in total. The van der Waals surface area contributed by atoms with Gasteiger partial charge in [0.2, 0.25) is 0 Å². The first-order valence-electron chi connectivity index (χ1n) is 6.12. The van der Waals surface area contributed by atoms with E-state index in [2.05, 4.69) is 20.7 Å². The van der Waals surface area contributed by atoms with Gasteiger partial charge in [-0.25, -0.2) is 19.6 Å². The molecule has 0 fully saturated rings. The predicted octanol–water partition coefficient (Wildman–Crippen LogP) is 2.94. The number of nitrogens with zero attached hydrogens (tertiary/aromatic N) is 2. The number of benzene rings is 1. The van der Waals surface area contributed by atoms with Crippen molar-refractivity contribution in [1.82, 2.24) is 9.97 Å². The number of pyridine rings is 2. The first-order valence-corrected chi connectivity index (χ1v) is 6.12. The van der Waals surface area contributed by atoms with Gasteiger partial charge < -0.3 is 10.7 Å². The number of nitrogens with two attached hydrogens (primary N) is 1. The summed E-state index contributed by atoms with van der Waals surface area (Å²) < 4.78 is 27.1. The van der Waals surface area contributed by atoms with Gasteiger partial charge in [-0.05, 0) is 24.3 Å². The van der Waals surface area contributed by atoms with E-state index in [4.69, 9.17) is 5.84 Å². The lowest BCUT2D eigenvalue weighted by Gasteiger charge is -2.11. The average Bonchev–Trinajstić information content (AvgIpc) is 2.50. The van der Waals surface area contributed by atoms with E-state index in [1.165, 1.54) is 0 Å². The third kappa shape index (κ3) is 2.46. The molecule has 106 valence electrons. The maximum Gasteiger partial charge on any atom is 0.178 e. The van der Waals surface area contributed by atoms with Crippen LogP contribution in [0.3, 0.4) is 0 Å². The number of rotatable bonds is 3. The van der Waals surface area contributed by atoms with Crippen molar-refractivity contribution in [2.24, 2.45) is 5.84 Å². The van der Waals surface area contributed by atoms with E-state index in [0.717, 1.165) is 10.9 Å². The van der Waals surface area contributed by atoms with Crippen LogP contribution in [-0.2, 0) is 0 Å². The standard InChI is InChI=1S/C14H11F2N5/c15-9-7-10(16)14(21-17)20-13(9)19-12-5-1-4-11-8(12)3-2-6-18-11/h1-7H,17H2,(H2,19,20,21). The Morgan fingerprint density at radius 1 is 1.00 bits per heavy atom. The molecule has 0 unspecified atom stereocenters. The lowest BCUT2D eigenvalue weighted by molar-refractivity contribution is 0.579. The summed E-state index contributed by atoms with van der Waals surface area (Å²) in [6, 6.07) is 9.70. The number of anilines is 3. The van der Waals surface area contributed by atoms with Crippen LogP contribution in [0.2, 0.25) is 0 Å². The molecule has 0 amide bonds. The highest BCUT2D eigenvalue weighted by molar-refractivity contribution is 5.92. The van der Waals surface area contributed by atoms with Crippen LogP contribution >= 0.6 is 0 Å². The van der Waals surface area contributed by atoms with E-state index >= 15 is 0 Å². The van der Waals surface area contributed by atoms with Crippen LogP contribution in [-0.4, -0.2) is 9.97 Å². The van der Waals surface area contributed by atoms with Crippen LogP contribution in [0, 0.1) is 11.6 Å². The molecular weight excluding hydrogens is 276 g/mol. The first kappa shape index (κ1) is 13.2. The highest BCUT2D eigenvalue weighted by Gasteiger charge is 2.12. The molecule has 0 radical (unpaired) electrons. The molecular formula is C14H11F2N5. The predicted molar refractivity (Wildman–Crippen MR) is 77.0 cm³/mol. The number of halogens is 2. The summed E-state index contributed by atoms with van der Waals surface area (Å²) in [6.07, 6.45) is 1.67. The Bertz CT molecular complexity index is 801. The van der Waals surface area contributed by atoms with Gasteiger partial charge in [0.1, 0.15) is 0 Å². The van der Waals surface area contributed by atoms with Crippen LogP contribution in [0.15, 0.2) is 42.6 Å². The Kier molecular flexibility index (Phi) is 3.33. The summed E-state index contributed by atoms with van der Waals surface area (Å²) in [6.45, 7) is 0. The highest BCUT2D eigenvalue weighted by Crippen LogP contribution is 2.27. The smallest absolute Gasteiger partial charge is 0.178 e. The second kappa shape index (κ2) is 5.29. The van der Waals surface area contributed by atoms with Gasteiger partial charge in [0.15, 0.2) is 23.3 Å². The Morgan fingerprint density at radius 3 is 2.62 bits per heavy atom. The van der Waals surface area contributed by atoms with E-state index < -0.39 is 11.6 Å². The fourth-order valence-corrected chi connectivity index (χ4v) is 2.00. The number of nitrogens with one attached hydrogen (secondary N) is 2. The summed E-state index contributed by atoms with van der Waals surface area (Å²) in [7, 11) is 0. The average molecular weight is 287 g/mol. The number of hydrazine groups is 1. The zero-order valence-electron chi connectivity index (χ0n) is 10.8. The van der Waals surface area contributed by atoms with Crippen molar-refractivity contribution in [3.8, 4) is 0 Å². The van der Waals surface area contributed by atoms with Crippen molar-refractivity contribution in [3.05, 3.63) is 54.2 Å². The number of hydrogen-bond acceptors (Lipinski definition) is 5. The Balaban J connectivity index is 2.07. The van der Waals surface area contributed by atoms with E-state index in [1.54, 1.807) is 24.4 Å². The molecule has 0 saturated carbocycles. The molecule has 3 aromatic rings. The van der Waals surface area contributed by atoms with Gasteiger partial charge in [-0.15, -0.1) is 0 Å². The van der Waals surface area contributed by atoms with E-state index in [1.807, 2.05) is 12.1 Å². The minimum absolute atomic E-state index is 0.124. The molecule has 21 heavy (non-hydrogen) atoms. The third-order valence-electron chi connectivity index (χ3n) is 2.96. The first-order chi connectivity index (χ1) is 10.2. The van der Waals surface area contributed by atoms with Gasteiger partial charge in [-0.1, -0.05) is 6.07 Å². The Labute approximate surface area is 118 Å². The lowest BCUT2D eigenvalue weighted by Crippen LogP contribution is -2.12. The molecule has 0 atom stereocenters. The third-order valence-corrected chi connectivity index (χ3v) is 2.96. The molecule has 0 aliphatic carbocycles. The minimum atomic E-state index is -0.861. The fraction of sp³-hybridized carbons (Fsp3) is 0. The van der Waals surface area contributed by atoms with Gasteiger partial charge >= 0.3 is 0 Å². The Morgan fingerprint density at radius 2 is 1.81 bits per heavy atom. The molecule has 2 heterocycles. The second-order valence-electron chi connectivity index (χ2n) is 4.29. The van der Waals surface area contributed by atoms with E-state index in [9.17, 15) is 8.78 Å². The van der Waals surface area contributed by atoms with Crippen molar-refractivity contribution in [1.29, 1.82) is 0 Å². The summed E-state index contributed by atoms with van der Waals surface area (Å²) in [5.74, 6) is 3.10.